The molecule has 2 amide bonds. The minimum Gasteiger partial charge on any atom is -0.497 e. The van der Waals surface area contributed by atoms with E-state index < -0.39 is 5.92 Å². The molecule has 6 nitrogen and oxygen atoms in total. The van der Waals surface area contributed by atoms with Crippen LogP contribution in [0.4, 0.5) is 5.69 Å². The summed E-state index contributed by atoms with van der Waals surface area (Å²) >= 11 is 7.80. The van der Waals surface area contributed by atoms with Crippen LogP contribution >= 0.6 is 22.9 Å². The number of rotatable bonds is 6. The number of hydrogen-bond acceptors (Lipinski definition) is 5. The summed E-state index contributed by atoms with van der Waals surface area (Å²) in [5, 5.41) is 4.44. The average Bonchev–Trinajstić information content (AvgIpc) is 3.35. The van der Waals surface area contributed by atoms with Crippen LogP contribution in [0.15, 0.2) is 48.5 Å². The summed E-state index contributed by atoms with van der Waals surface area (Å²) in [5.41, 5.74) is 2.48. The standard InChI is InChI=1S/C23H22ClN3O3S/c1-14-20(31-23(26-14)18-8-3-4-9-19(18)24)12-25-22(29)15-10-21(28)27(13-15)16-6-5-7-17(11-16)30-2/h3-9,11,15H,10,12-13H2,1-2H3,(H,25,29). The molecule has 0 radical (unpaired) electrons. The van der Waals surface area contributed by atoms with E-state index in [-0.39, 0.29) is 18.2 Å². The zero-order valence-corrected chi connectivity index (χ0v) is 18.8. The van der Waals surface area contributed by atoms with Crippen molar-refractivity contribution in [2.75, 3.05) is 18.6 Å². The van der Waals surface area contributed by atoms with Crippen LogP contribution in [0, 0.1) is 12.8 Å². The number of thiazole rings is 1. The van der Waals surface area contributed by atoms with Gasteiger partial charge >= 0.3 is 0 Å². The van der Waals surface area contributed by atoms with E-state index in [2.05, 4.69) is 10.3 Å². The van der Waals surface area contributed by atoms with Gasteiger partial charge in [-0.2, -0.15) is 0 Å². The Kier molecular flexibility index (Phi) is 6.25. The van der Waals surface area contributed by atoms with E-state index in [9.17, 15) is 9.59 Å². The van der Waals surface area contributed by atoms with Gasteiger partial charge in [0.1, 0.15) is 10.8 Å². The Morgan fingerprint density at radius 2 is 2.10 bits per heavy atom. The van der Waals surface area contributed by atoms with Gasteiger partial charge < -0.3 is 15.0 Å². The van der Waals surface area contributed by atoms with E-state index in [1.54, 1.807) is 18.1 Å². The molecular weight excluding hydrogens is 434 g/mol. The summed E-state index contributed by atoms with van der Waals surface area (Å²) in [6.45, 7) is 2.64. The molecule has 1 aliphatic rings. The fourth-order valence-corrected chi connectivity index (χ4v) is 4.89. The van der Waals surface area contributed by atoms with Gasteiger partial charge in [-0.15, -0.1) is 11.3 Å². The van der Waals surface area contributed by atoms with Gasteiger partial charge in [-0.05, 0) is 25.1 Å². The molecule has 0 saturated carbocycles. The number of carbonyl (C=O) groups excluding carboxylic acids is 2. The Labute approximate surface area is 189 Å². The van der Waals surface area contributed by atoms with E-state index in [0.29, 0.717) is 23.9 Å². The quantitative estimate of drug-likeness (QED) is 0.596. The third-order valence-electron chi connectivity index (χ3n) is 5.28. The molecule has 1 atom stereocenters. The van der Waals surface area contributed by atoms with Gasteiger partial charge in [0.05, 0.1) is 30.3 Å². The molecule has 4 rings (SSSR count). The second-order valence-electron chi connectivity index (χ2n) is 7.33. The second-order valence-corrected chi connectivity index (χ2v) is 8.82. The molecule has 0 bridgehead atoms. The molecule has 31 heavy (non-hydrogen) atoms. The number of anilines is 1. The van der Waals surface area contributed by atoms with E-state index in [0.717, 1.165) is 26.8 Å². The van der Waals surface area contributed by atoms with Crippen LogP contribution in [0.1, 0.15) is 17.0 Å². The van der Waals surface area contributed by atoms with Gasteiger partial charge in [-0.25, -0.2) is 4.98 Å². The predicted octanol–water partition coefficient (Wildman–Crippen LogP) is 4.45. The summed E-state index contributed by atoms with van der Waals surface area (Å²) in [4.78, 5) is 32.5. The van der Waals surface area contributed by atoms with Crippen molar-refractivity contribution < 1.29 is 14.3 Å². The average molecular weight is 456 g/mol. The largest absolute Gasteiger partial charge is 0.497 e. The first-order valence-corrected chi connectivity index (χ1v) is 11.1. The lowest BCUT2D eigenvalue weighted by atomic mass is 10.1. The minimum absolute atomic E-state index is 0.0663. The van der Waals surface area contributed by atoms with Gasteiger partial charge in [0.25, 0.3) is 0 Å². The van der Waals surface area contributed by atoms with Crippen molar-refractivity contribution in [3.63, 3.8) is 0 Å². The van der Waals surface area contributed by atoms with Crippen molar-refractivity contribution in [1.82, 2.24) is 10.3 Å². The number of amides is 2. The molecule has 1 aliphatic heterocycles. The van der Waals surface area contributed by atoms with Crippen LogP contribution in [0.2, 0.25) is 5.02 Å². The first kappa shape index (κ1) is 21.3. The summed E-state index contributed by atoms with van der Waals surface area (Å²) in [6, 6.07) is 14.9. The van der Waals surface area contributed by atoms with Gasteiger partial charge in [-0.1, -0.05) is 35.9 Å². The highest BCUT2D eigenvalue weighted by Gasteiger charge is 2.35. The molecule has 1 N–H and O–H groups in total. The van der Waals surface area contributed by atoms with Gasteiger partial charge in [0, 0.05) is 35.2 Å². The van der Waals surface area contributed by atoms with Crippen LogP contribution in [0.3, 0.4) is 0 Å². The number of nitrogens with one attached hydrogen (secondary N) is 1. The summed E-state index contributed by atoms with van der Waals surface area (Å²) in [7, 11) is 1.58. The maximum Gasteiger partial charge on any atom is 0.227 e. The maximum atomic E-state index is 12.8. The summed E-state index contributed by atoms with van der Waals surface area (Å²) < 4.78 is 5.23. The van der Waals surface area contributed by atoms with Gasteiger partial charge in [-0.3, -0.25) is 9.59 Å². The number of aromatic nitrogens is 1. The summed E-state index contributed by atoms with van der Waals surface area (Å²) in [5.74, 6) is 0.0809. The van der Waals surface area contributed by atoms with E-state index in [1.807, 2.05) is 49.4 Å². The maximum absolute atomic E-state index is 12.8. The molecule has 3 aromatic rings. The van der Waals surface area contributed by atoms with Crippen LogP contribution in [0.5, 0.6) is 5.75 Å². The highest BCUT2D eigenvalue weighted by atomic mass is 35.5. The molecule has 1 aromatic heterocycles. The number of halogens is 1. The Hall–Kier alpha value is -2.90. The Balaban J connectivity index is 1.40. The Bertz CT molecular complexity index is 1130. The van der Waals surface area contributed by atoms with Crippen LogP contribution in [-0.4, -0.2) is 30.5 Å². The van der Waals surface area contributed by atoms with E-state index in [4.69, 9.17) is 16.3 Å². The second kappa shape index (κ2) is 9.08. The van der Waals surface area contributed by atoms with Gasteiger partial charge in [0.2, 0.25) is 11.8 Å². The molecule has 0 spiro atoms. The Morgan fingerprint density at radius 1 is 1.29 bits per heavy atom. The lowest BCUT2D eigenvalue weighted by molar-refractivity contribution is -0.126. The third kappa shape index (κ3) is 4.57. The fraction of sp³-hybridized carbons (Fsp3) is 0.261. The fourth-order valence-electron chi connectivity index (χ4n) is 3.56. The smallest absolute Gasteiger partial charge is 0.227 e. The van der Waals surface area contributed by atoms with Crippen LogP contribution in [-0.2, 0) is 16.1 Å². The van der Waals surface area contributed by atoms with Crippen molar-refractivity contribution >= 4 is 40.4 Å². The van der Waals surface area contributed by atoms with Crippen molar-refractivity contribution in [3.05, 3.63) is 64.1 Å². The number of hydrogen-bond donors (Lipinski definition) is 1. The molecule has 160 valence electrons. The summed E-state index contributed by atoms with van der Waals surface area (Å²) in [6.07, 6.45) is 0.190. The first-order valence-electron chi connectivity index (χ1n) is 9.89. The lowest BCUT2D eigenvalue weighted by Crippen LogP contribution is -2.32. The zero-order chi connectivity index (χ0) is 22.0. The van der Waals surface area contributed by atoms with Crippen molar-refractivity contribution in [1.29, 1.82) is 0 Å². The highest BCUT2D eigenvalue weighted by molar-refractivity contribution is 7.15. The topological polar surface area (TPSA) is 71.5 Å². The third-order valence-corrected chi connectivity index (χ3v) is 6.80. The molecule has 2 aromatic carbocycles. The molecule has 1 unspecified atom stereocenters. The van der Waals surface area contributed by atoms with Gasteiger partial charge in [0.15, 0.2) is 0 Å². The number of aryl methyl sites for hydroxylation is 1. The van der Waals surface area contributed by atoms with Crippen LogP contribution in [0.25, 0.3) is 10.6 Å². The van der Waals surface area contributed by atoms with Crippen molar-refractivity contribution in [3.8, 4) is 16.3 Å². The lowest BCUT2D eigenvalue weighted by Gasteiger charge is -2.17. The van der Waals surface area contributed by atoms with Crippen molar-refractivity contribution in [2.45, 2.75) is 19.9 Å². The number of nitrogens with zero attached hydrogens (tertiary/aromatic N) is 2. The molecular formula is C23H22ClN3O3S. The first-order chi connectivity index (χ1) is 15.0. The minimum atomic E-state index is -0.394. The number of carbonyl (C=O) groups is 2. The molecule has 1 fully saturated rings. The van der Waals surface area contributed by atoms with Crippen LogP contribution < -0.4 is 15.0 Å². The molecule has 1 saturated heterocycles. The number of benzene rings is 2. The van der Waals surface area contributed by atoms with E-state index >= 15 is 0 Å². The predicted molar refractivity (Wildman–Crippen MR) is 123 cm³/mol. The highest BCUT2D eigenvalue weighted by Crippen LogP contribution is 2.33. The van der Waals surface area contributed by atoms with E-state index in [1.165, 1.54) is 11.3 Å². The number of ether oxygens (including phenoxy) is 1. The normalized spacial score (nSPS) is 15.9. The molecule has 8 heteroatoms. The Morgan fingerprint density at radius 3 is 2.87 bits per heavy atom. The monoisotopic (exact) mass is 455 g/mol. The molecule has 0 aliphatic carbocycles. The number of methoxy groups -OCH3 is 1. The SMILES string of the molecule is COc1cccc(N2CC(C(=O)NCc3sc(-c4ccccc4Cl)nc3C)CC2=O)c1. The zero-order valence-electron chi connectivity index (χ0n) is 17.2. The van der Waals surface area contributed by atoms with Crippen molar-refractivity contribution in [2.24, 2.45) is 5.92 Å². The molecule has 2 heterocycles.